The minimum Gasteiger partial charge on any atom is -0.391 e. The molecule has 1 aromatic carbocycles. The Balaban J connectivity index is 0.00000300. The molecule has 3 rings (SSSR count). The van der Waals surface area contributed by atoms with Gasteiger partial charge < -0.3 is 20.2 Å². The summed E-state index contributed by atoms with van der Waals surface area (Å²) in [5.74, 6) is -0.0340. The predicted molar refractivity (Wildman–Crippen MR) is 117 cm³/mol. The summed E-state index contributed by atoms with van der Waals surface area (Å²) in [7, 11) is 0. The molecule has 2 fully saturated rings. The lowest BCUT2D eigenvalue weighted by Crippen LogP contribution is -2.58. The number of hydrogen-bond donors (Lipinski definition) is 2. The number of aliphatic hydroxyl groups excluding tert-OH is 1. The minimum absolute atomic E-state index is 0. The molecule has 2 amide bonds. The van der Waals surface area contributed by atoms with Crippen LogP contribution in [0.5, 0.6) is 0 Å². The van der Waals surface area contributed by atoms with Gasteiger partial charge in [0.1, 0.15) is 0 Å². The van der Waals surface area contributed by atoms with Crippen LogP contribution >= 0.6 is 35.6 Å². The molecule has 0 saturated carbocycles. The van der Waals surface area contributed by atoms with Crippen LogP contribution in [0.1, 0.15) is 31.7 Å². The van der Waals surface area contributed by atoms with Gasteiger partial charge in [0.2, 0.25) is 11.8 Å². The Bertz CT molecular complexity index is 728. The zero-order valence-corrected chi connectivity index (χ0v) is 18.8. The fourth-order valence-corrected chi connectivity index (χ4v) is 4.40. The van der Waals surface area contributed by atoms with Crippen molar-refractivity contribution in [1.82, 2.24) is 15.1 Å². The summed E-state index contributed by atoms with van der Waals surface area (Å²) in [6, 6.07) is 5.04. The van der Waals surface area contributed by atoms with Crippen molar-refractivity contribution in [2.45, 2.75) is 50.8 Å². The number of nitrogens with one attached hydrogen (secondary N) is 1. The van der Waals surface area contributed by atoms with Crippen LogP contribution in [0.25, 0.3) is 0 Å². The number of amides is 2. The van der Waals surface area contributed by atoms with Gasteiger partial charge in [0, 0.05) is 32.6 Å². The van der Waals surface area contributed by atoms with Crippen LogP contribution in [0.15, 0.2) is 18.2 Å². The van der Waals surface area contributed by atoms with E-state index in [1.54, 1.807) is 34.9 Å². The number of aliphatic hydroxyl groups is 1. The molecule has 0 aliphatic carbocycles. The maximum absolute atomic E-state index is 13.0. The number of nitrogens with zero attached hydrogens (tertiary/aromatic N) is 2. The Kier molecular flexibility index (Phi) is 9.04. The third kappa shape index (κ3) is 6.22. The summed E-state index contributed by atoms with van der Waals surface area (Å²) in [5, 5.41) is 14.8. The van der Waals surface area contributed by atoms with Crippen molar-refractivity contribution in [2.24, 2.45) is 0 Å². The smallest absolute Gasteiger partial charge is 0.227 e. The average Bonchev–Trinajstić information content (AvgIpc) is 3.19. The fraction of sp³-hybridized carbons (Fsp3) is 0.600. The van der Waals surface area contributed by atoms with Crippen molar-refractivity contribution in [2.75, 3.05) is 26.2 Å². The Labute approximate surface area is 187 Å². The first kappa shape index (κ1) is 24.2. The second-order valence-electron chi connectivity index (χ2n) is 7.64. The number of carbonyl (C=O) groups excluding carboxylic acids is 2. The molecule has 3 atom stereocenters. The van der Waals surface area contributed by atoms with Crippen molar-refractivity contribution in [3.05, 3.63) is 33.8 Å². The Morgan fingerprint density at radius 3 is 2.66 bits per heavy atom. The molecule has 1 aromatic rings. The lowest BCUT2D eigenvalue weighted by molar-refractivity contribution is -0.142. The van der Waals surface area contributed by atoms with Gasteiger partial charge in [-0.05, 0) is 43.5 Å². The molecule has 2 heterocycles. The van der Waals surface area contributed by atoms with E-state index in [9.17, 15) is 14.7 Å². The molecule has 2 aliphatic heterocycles. The van der Waals surface area contributed by atoms with Crippen molar-refractivity contribution in [3.63, 3.8) is 0 Å². The summed E-state index contributed by atoms with van der Waals surface area (Å²) in [4.78, 5) is 28.4. The highest BCUT2D eigenvalue weighted by Crippen LogP contribution is 2.24. The first-order valence-corrected chi connectivity index (χ1v) is 10.5. The molecule has 0 spiro atoms. The van der Waals surface area contributed by atoms with E-state index < -0.39 is 6.10 Å². The Morgan fingerprint density at radius 2 is 2.03 bits per heavy atom. The molecular weight excluding hydrogens is 437 g/mol. The molecule has 29 heavy (non-hydrogen) atoms. The number of halogens is 3. The zero-order chi connectivity index (χ0) is 20.3. The van der Waals surface area contributed by atoms with Crippen LogP contribution in [0.3, 0.4) is 0 Å². The highest BCUT2D eigenvalue weighted by Gasteiger charge is 2.35. The fourth-order valence-electron chi connectivity index (χ4n) is 4.08. The molecule has 2 N–H and O–H groups in total. The quantitative estimate of drug-likeness (QED) is 0.702. The van der Waals surface area contributed by atoms with Gasteiger partial charge in [0.25, 0.3) is 0 Å². The second-order valence-corrected chi connectivity index (χ2v) is 8.45. The minimum atomic E-state index is -0.542. The molecule has 9 heteroatoms. The second kappa shape index (κ2) is 10.8. The topological polar surface area (TPSA) is 72.9 Å². The van der Waals surface area contributed by atoms with Crippen LogP contribution in [-0.4, -0.2) is 71.1 Å². The first-order valence-electron chi connectivity index (χ1n) is 9.75. The van der Waals surface area contributed by atoms with E-state index in [2.05, 4.69) is 5.32 Å². The van der Waals surface area contributed by atoms with Gasteiger partial charge in [0.15, 0.2) is 0 Å². The molecule has 0 aromatic heterocycles. The molecular formula is C20H28Cl3N3O3. The summed E-state index contributed by atoms with van der Waals surface area (Å²) < 4.78 is 0. The highest BCUT2D eigenvalue weighted by molar-refractivity contribution is 6.42. The van der Waals surface area contributed by atoms with Crippen molar-refractivity contribution in [1.29, 1.82) is 0 Å². The number of hydrogen-bond acceptors (Lipinski definition) is 4. The summed E-state index contributed by atoms with van der Waals surface area (Å²) in [6.45, 7) is 3.88. The third-order valence-electron chi connectivity index (χ3n) is 5.66. The first-order chi connectivity index (χ1) is 13.3. The summed E-state index contributed by atoms with van der Waals surface area (Å²) >= 11 is 12.0. The van der Waals surface area contributed by atoms with Crippen molar-refractivity contribution < 1.29 is 14.7 Å². The highest BCUT2D eigenvalue weighted by atomic mass is 35.5. The van der Waals surface area contributed by atoms with E-state index >= 15 is 0 Å². The van der Waals surface area contributed by atoms with Gasteiger partial charge in [-0.25, -0.2) is 0 Å². The number of piperazine rings is 1. The van der Waals surface area contributed by atoms with Crippen LogP contribution in [-0.2, 0) is 16.0 Å². The third-order valence-corrected chi connectivity index (χ3v) is 6.40. The van der Waals surface area contributed by atoms with Gasteiger partial charge in [-0.1, -0.05) is 29.3 Å². The number of benzene rings is 1. The predicted octanol–water partition coefficient (Wildman–Crippen LogP) is 2.52. The SMILES string of the molecule is CC(=O)N1CCN(C(=O)Cc2ccc(Cl)c(Cl)c2)[C@@H](CC(O)[C@@H]2CCCN2)C1.Cl. The average molecular weight is 465 g/mol. The van der Waals surface area contributed by atoms with E-state index in [1.807, 2.05) is 0 Å². The monoisotopic (exact) mass is 463 g/mol. The van der Waals surface area contributed by atoms with Crippen molar-refractivity contribution in [3.8, 4) is 0 Å². The standard InChI is InChI=1S/C20H27Cl2N3O3.ClH/c1-13(26)24-7-8-25(15(12-24)11-19(27)18-3-2-6-23-18)20(28)10-14-4-5-16(21)17(22)9-14;/h4-5,9,15,18-19,23,27H,2-3,6-8,10-12H2,1H3;1H/t15-,18-,19?;/m0./s1. The number of rotatable bonds is 5. The van der Waals surface area contributed by atoms with E-state index in [1.165, 1.54) is 0 Å². The lowest BCUT2D eigenvalue weighted by Gasteiger charge is -2.42. The Morgan fingerprint density at radius 1 is 1.28 bits per heavy atom. The van der Waals surface area contributed by atoms with Crippen LogP contribution in [0.2, 0.25) is 10.0 Å². The maximum atomic E-state index is 13.0. The van der Waals surface area contributed by atoms with E-state index in [0.29, 0.717) is 36.1 Å². The van der Waals surface area contributed by atoms with Crippen LogP contribution < -0.4 is 5.32 Å². The van der Waals surface area contributed by atoms with E-state index in [-0.39, 0.29) is 42.7 Å². The maximum Gasteiger partial charge on any atom is 0.227 e. The van der Waals surface area contributed by atoms with Crippen LogP contribution in [0.4, 0.5) is 0 Å². The Hall–Kier alpha value is -1.05. The normalized spacial score (nSPS) is 22.9. The summed E-state index contributed by atoms with van der Waals surface area (Å²) in [6.07, 6.45) is 2.10. The van der Waals surface area contributed by atoms with Gasteiger partial charge in [0.05, 0.1) is 28.6 Å². The molecule has 0 bridgehead atoms. The van der Waals surface area contributed by atoms with Crippen molar-refractivity contribution >= 4 is 47.4 Å². The lowest BCUT2D eigenvalue weighted by atomic mass is 9.97. The zero-order valence-electron chi connectivity index (χ0n) is 16.4. The molecule has 162 valence electrons. The molecule has 6 nitrogen and oxygen atoms in total. The van der Waals surface area contributed by atoms with Gasteiger partial charge in [-0.15, -0.1) is 12.4 Å². The number of carbonyl (C=O) groups is 2. The molecule has 2 aliphatic rings. The summed E-state index contributed by atoms with van der Waals surface area (Å²) in [5.41, 5.74) is 0.796. The van der Waals surface area contributed by atoms with Gasteiger partial charge >= 0.3 is 0 Å². The largest absolute Gasteiger partial charge is 0.391 e. The van der Waals surface area contributed by atoms with Crippen LogP contribution in [0, 0.1) is 0 Å². The molecule has 1 unspecified atom stereocenters. The molecule has 0 radical (unpaired) electrons. The van der Waals surface area contributed by atoms with Gasteiger partial charge in [-0.2, -0.15) is 0 Å². The van der Waals surface area contributed by atoms with E-state index in [0.717, 1.165) is 24.9 Å². The van der Waals surface area contributed by atoms with E-state index in [4.69, 9.17) is 23.2 Å². The van der Waals surface area contributed by atoms with Gasteiger partial charge in [-0.3, -0.25) is 9.59 Å². The molecule has 2 saturated heterocycles.